The maximum atomic E-state index is 11.2. The maximum Gasteiger partial charge on any atom is 0.335 e. The first-order valence-electron chi connectivity index (χ1n) is 6.89. The van der Waals surface area contributed by atoms with Crippen LogP contribution >= 0.6 is 0 Å². The van der Waals surface area contributed by atoms with Gasteiger partial charge in [0.1, 0.15) is 5.82 Å². The van der Waals surface area contributed by atoms with E-state index in [-0.39, 0.29) is 5.56 Å². The van der Waals surface area contributed by atoms with E-state index < -0.39 is 5.97 Å². The number of H-pyrrole nitrogens is 1. The van der Waals surface area contributed by atoms with E-state index in [0.717, 1.165) is 21.8 Å². The number of carboxylic acids is 1. The molecule has 0 fully saturated rings. The first-order chi connectivity index (χ1) is 11.2. The number of carboxylic acid groups (broad SMARTS) is 1. The normalized spacial score (nSPS) is 11.0. The van der Waals surface area contributed by atoms with Crippen LogP contribution in [0.15, 0.2) is 49.1 Å². The van der Waals surface area contributed by atoms with Crippen molar-refractivity contribution >= 4 is 39.1 Å². The number of aromatic carboxylic acids is 1. The lowest BCUT2D eigenvalue weighted by molar-refractivity contribution is 0.0697. The highest BCUT2D eigenvalue weighted by molar-refractivity contribution is 6.11. The molecule has 0 saturated heterocycles. The minimum absolute atomic E-state index is 0.197. The molecule has 3 aromatic heterocycles. The molecule has 23 heavy (non-hydrogen) atoms. The zero-order valence-electron chi connectivity index (χ0n) is 11.8. The number of rotatable bonds is 3. The first-order valence-corrected chi connectivity index (χ1v) is 6.89. The average Bonchev–Trinajstić information content (AvgIpc) is 3.07. The van der Waals surface area contributed by atoms with Gasteiger partial charge >= 0.3 is 5.97 Å². The number of anilines is 2. The predicted octanol–water partition coefficient (Wildman–Crippen LogP) is 2.95. The summed E-state index contributed by atoms with van der Waals surface area (Å²) < 4.78 is 0. The van der Waals surface area contributed by atoms with E-state index in [1.807, 2.05) is 6.07 Å². The molecule has 0 aliphatic heterocycles. The Kier molecular flexibility index (Phi) is 2.90. The van der Waals surface area contributed by atoms with E-state index in [4.69, 9.17) is 5.11 Å². The molecule has 1 aromatic carbocycles. The van der Waals surface area contributed by atoms with Crippen molar-refractivity contribution < 1.29 is 9.90 Å². The molecule has 4 aromatic rings. The van der Waals surface area contributed by atoms with Crippen molar-refractivity contribution in [3.05, 3.63) is 54.6 Å². The van der Waals surface area contributed by atoms with E-state index >= 15 is 0 Å². The molecule has 0 unspecified atom stereocenters. The zero-order chi connectivity index (χ0) is 15.8. The number of pyridine rings is 2. The van der Waals surface area contributed by atoms with Gasteiger partial charge in [-0.2, -0.15) is 5.10 Å². The highest BCUT2D eigenvalue weighted by Gasteiger charge is 2.11. The number of carbonyl (C=O) groups is 1. The molecule has 0 radical (unpaired) electrons. The SMILES string of the molecule is O=C(O)c1ccc2c(c1)nc(Nc1cn[nH]c1)c1ccncc12. The van der Waals surface area contributed by atoms with Crippen LogP contribution in [0.5, 0.6) is 0 Å². The minimum Gasteiger partial charge on any atom is -0.478 e. The van der Waals surface area contributed by atoms with Crippen LogP contribution in [-0.2, 0) is 0 Å². The summed E-state index contributed by atoms with van der Waals surface area (Å²) in [5, 5.41) is 21.6. The topological polar surface area (TPSA) is 104 Å². The number of fused-ring (bicyclic) bond motifs is 3. The Morgan fingerprint density at radius 2 is 2.04 bits per heavy atom. The predicted molar refractivity (Wildman–Crippen MR) is 85.9 cm³/mol. The number of hydrogen-bond donors (Lipinski definition) is 3. The quantitative estimate of drug-likeness (QED) is 0.503. The zero-order valence-corrected chi connectivity index (χ0v) is 11.8. The Morgan fingerprint density at radius 3 is 2.83 bits per heavy atom. The van der Waals surface area contributed by atoms with Crippen molar-refractivity contribution in [2.45, 2.75) is 0 Å². The van der Waals surface area contributed by atoms with Gasteiger partial charge in [0.15, 0.2) is 0 Å². The van der Waals surface area contributed by atoms with E-state index in [1.165, 1.54) is 0 Å². The van der Waals surface area contributed by atoms with Gasteiger partial charge in [-0.3, -0.25) is 10.1 Å². The van der Waals surface area contributed by atoms with Crippen LogP contribution in [-0.4, -0.2) is 31.2 Å². The van der Waals surface area contributed by atoms with Crippen LogP contribution in [0.25, 0.3) is 21.7 Å². The Hall–Kier alpha value is -3.48. The van der Waals surface area contributed by atoms with Crippen LogP contribution in [0.2, 0.25) is 0 Å². The van der Waals surface area contributed by atoms with Gasteiger partial charge in [0.05, 0.1) is 23.0 Å². The second-order valence-corrected chi connectivity index (χ2v) is 5.03. The van der Waals surface area contributed by atoms with Crippen molar-refractivity contribution in [2.75, 3.05) is 5.32 Å². The van der Waals surface area contributed by atoms with Gasteiger partial charge in [-0.1, -0.05) is 6.07 Å². The largest absolute Gasteiger partial charge is 0.478 e. The molecular weight excluding hydrogens is 294 g/mol. The van der Waals surface area contributed by atoms with Gasteiger partial charge in [0.25, 0.3) is 0 Å². The summed E-state index contributed by atoms with van der Waals surface area (Å²) in [5.74, 6) is -0.358. The fourth-order valence-corrected chi connectivity index (χ4v) is 2.53. The monoisotopic (exact) mass is 305 g/mol. The summed E-state index contributed by atoms with van der Waals surface area (Å²) in [5.41, 5.74) is 1.56. The van der Waals surface area contributed by atoms with Crippen molar-refractivity contribution in [3.63, 3.8) is 0 Å². The lowest BCUT2D eigenvalue weighted by Gasteiger charge is -2.10. The number of aromatic nitrogens is 4. The summed E-state index contributed by atoms with van der Waals surface area (Å²) in [6, 6.07) is 6.76. The highest BCUT2D eigenvalue weighted by atomic mass is 16.4. The van der Waals surface area contributed by atoms with Crippen LogP contribution in [0.1, 0.15) is 10.4 Å². The number of aromatic amines is 1. The van der Waals surface area contributed by atoms with E-state index in [9.17, 15) is 4.79 Å². The molecule has 7 heteroatoms. The molecule has 3 heterocycles. The third-order valence-electron chi connectivity index (χ3n) is 3.60. The molecule has 0 saturated carbocycles. The van der Waals surface area contributed by atoms with Gasteiger partial charge in [-0.25, -0.2) is 9.78 Å². The molecule has 0 atom stereocenters. The number of benzene rings is 1. The molecule has 0 aliphatic rings. The molecule has 0 amide bonds. The van der Waals surface area contributed by atoms with Crippen molar-refractivity contribution in [1.29, 1.82) is 0 Å². The molecule has 4 rings (SSSR count). The molecule has 3 N–H and O–H groups in total. The standard InChI is InChI=1S/C16H11N5O2/c22-16(23)9-1-2-11-13-8-17-4-3-12(13)15(21-14(11)5-9)20-10-6-18-19-7-10/h1-8H,(H,18,19)(H,20,21)(H,22,23). The van der Waals surface area contributed by atoms with Crippen molar-refractivity contribution in [1.82, 2.24) is 20.2 Å². The van der Waals surface area contributed by atoms with E-state index in [1.54, 1.807) is 43.0 Å². The Balaban J connectivity index is 2.00. The number of hydrogen-bond acceptors (Lipinski definition) is 5. The molecule has 0 aliphatic carbocycles. The van der Waals surface area contributed by atoms with Gasteiger partial charge in [0.2, 0.25) is 0 Å². The van der Waals surface area contributed by atoms with Crippen LogP contribution in [0, 0.1) is 0 Å². The van der Waals surface area contributed by atoms with Crippen LogP contribution in [0.3, 0.4) is 0 Å². The minimum atomic E-state index is -0.982. The van der Waals surface area contributed by atoms with Crippen molar-refractivity contribution in [3.8, 4) is 0 Å². The Morgan fingerprint density at radius 1 is 1.13 bits per heavy atom. The lowest BCUT2D eigenvalue weighted by Crippen LogP contribution is -1.99. The fraction of sp³-hybridized carbons (Fsp3) is 0. The molecule has 0 spiro atoms. The first kappa shape index (κ1) is 13.2. The van der Waals surface area contributed by atoms with Crippen LogP contribution < -0.4 is 5.32 Å². The van der Waals surface area contributed by atoms with Gasteiger partial charge in [-0.15, -0.1) is 0 Å². The van der Waals surface area contributed by atoms with Crippen LogP contribution in [0.4, 0.5) is 11.5 Å². The Bertz CT molecular complexity index is 1030. The van der Waals surface area contributed by atoms with E-state index in [2.05, 4.69) is 25.5 Å². The van der Waals surface area contributed by atoms with E-state index in [0.29, 0.717) is 11.3 Å². The fourth-order valence-electron chi connectivity index (χ4n) is 2.53. The molecule has 112 valence electrons. The maximum absolute atomic E-state index is 11.2. The molecule has 7 nitrogen and oxygen atoms in total. The lowest BCUT2D eigenvalue weighted by atomic mass is 10.1. The van der Waals surface area contributed by atoms with Gasteiger partial charge in [-0.05, 0) is 18.2 Å². The summed E-state index contributed by atoms with van der Waals surface area (Å²) in [7, 11) is 0. The third kappa shape index (κ3) is 2.24. The second kappa shape index (κ2) is 5.06. The number of nitrogens with one attached hydrogen (secondary N) is 2. The summed E-state index contributed by atoms with van der Waals surface area (Å²) >= 11 is 0. The molecule has 0 bridgehead atoms. The number of nitrogens with zero attached hydrogens (tertiary/aromatic N) is 3. The molecular formula is C16H11N5O2. The Labute approximate surface area is 130 Å². The highest BCUT2D eigenvalue weighted by Crippen LogP contribution is 2.30. The van der Waals surface area contributed by atoms with Crippen molar-refractivity contribution in [2.24, 2.45) is 0 Å². The third-order valence-corrected chi connectivity index (χ3v) is 3.60. The average molecular weight is 305 g/mol. The van der Waals surface area contributed by atoms with Gasteiger partial charge < -0.3 is 10.4 Å². The smallest absolute Gasteiger partial charge is 0.335 e. The summed E-state index contributed by atoms with van der Waals surface area (Å²) in [6.07, 6.45) is 6.81. The second-order valence-electron chi connectivity index (χ2n) is 5.03. The van der Waals surface area contributed by atoms with Gasteiger partial charge in [0, 0.05) is 34.7 Å². The summed E-state index contributed by atoms with van der Waals surface area (Å²) in [4.78, 5) is 19.9. The summed E-state index contributed by atoms with van der Waals surface area (Å²) in [6.45, 7) is 0.